The van der Waals surface area contributed by atoms with Crippen molar-refractivity contribution in [1.29, 1.82) is 0 Å². The quantitative estimate of drug-likeness (QED) is 0.852. The Hall–Kier alpha value is -1.82. The Bertz CT molecular complexity index is 553. The SMILES string of the molecule is CN(Cc1ncc[nH]1)C(=O)c1ccc(Br)c(N)c1. The first-order valence-electron chi connectivity index (χ1n) is 5.36. The van der Waals surface area contributed by atoms with Gasteiger partial charge < -0.3 is 15.6 Å². The predicted molar refractivity (Wildman–Crippen MR) is 72.9 cm³/mol. The van der Waals surface area contributed by atoms with E-state index in [2.05, 4.69) is 25.9 Å². The third-order valence-electron chi connectivity index (χ3n) is 2.53. The molecule has 0 atom stereocenters. The van der Waals surface area contributed by atoms with E-state index in [1.165, 1.54) is 0 Å². The second-order valence-electron chi connectivity index (χ2n) is 3.93. The van der Waals surface area contributed by atoms with Crippen LogP contribution >= 0.6 is 15.9 Å². The normalized spacial score (nSPS) is 10.3. The Labute approximate surface area is 113 Å². The average molecular weight is 309 g/mol. The number of amides is 1. The van der Waals surface area contributed by atoms with Crippen LogP contribution in [0.2, 0.25) is 0 Å². The number of carbonyl (C=O) groups is 1. The summed E-state index contributed by atoms with van der Waals surface area (Å²) in [5, 5.41) is 0. The highest BCUT2D eigenvalue weighted by Gasteiger charge is 2.13. The van der Waals surface area contributed by atoms with Gasteiger partial charge in [-0.3, -0.25) is 4.79 Å². The van der Waals surface area contributed by atoms with Crippen LogP contribution in [0.1, 0.15) is 16.2 Å². The molecular formula is C12H13BrN4O. The summed E-state index contributed by atoms with van der Waals surface area (Å²) in [5.41, 5.74) is 6.87. The molecule has 1 aromatic heterocycles. The van der Waals surface area contributed by atoms with E-state index in [4.69, 9.17) is 5.73 Å². The van der Waals surface area contributed by atoms with Crippen LogP contribution in [-0.2, 0) is 6.54 Å². The van der Waals surface area contributed by atoms with E-state index in [0.717, 1.165) is 10.3 Å². The Morgan fingerprint density at radius 1 is 1.56 bits per heavy atom. The molecule has 3 N–H and O–H groups in total. The van der Waals surface area contributed by atoms with E-state index in [-0.39, 0.29) is 5.91 Å². The molecule has 2 aromatic rings. The zero-order valence-corrected chi connectivity index (χ0v) is 11.4. The molecule has 0 saturated carbocycles. The first kappa shape index (κ1) is 12.6. The van der Waals surface area contributed by atoms with Gasteiger partial charge >= 0.3 is 0 Å². The lowest BCUT2D eigenvalue weighted by Gasteiger charge is -2.16. The predicted octanol–water partition coefficient (Wildman–Crippen LogP) is 2.03. The van der Waals surface area contributed by atoms with Gasteiger partial charge in [0.05, 0.1) is 6.54 Å². The summed E-state index contributed by atoms with van der Waals surface area (Å²) in [7, 11) is 1.73. The van der Waals surface area contributed by atoms with E-state index in [9.17, 15) is 4.79 Å². The number of H-pyrrole nitrogens is 1. The lowest BCUT2D eigenvalue weighted by atomic mass is 10.2. The third-order valence-corrected chi connectivity index (χ3v) is 3.25. The molecular weight excluding hydrogens is 296 g/mol. The van der Waals surface area contributed by atoms with Crippen molar-refractivity contribution >= 4 is 27.5 Å². The molecule has 0 aliphatic rings. The van der Waals surface area contributed by atoms with E-state index in [0.29, 0.717) is 17.8 Å². The Kier molecular flexibility index (Phi) is 3.66. The summed E-state index contributed by atoms with van der Waals surface area (Å²) in [6, 6.07) is 5.16. The number of anilines is 1. The second-order valence-corrected chi connectivity index (χ2v) is 4.79. The van der Waals surface area contributed by atoms with Crippen molar-refractivity contribution in [2.75, 3.05) is 12.8 Å². The van der Waals surface area contributed by atoms with Crippen molar-refractivity contribution in [1.82, 2.24) is 14.9 Å². The Morgan fingerprint density at radius 3 is 2.94 bits per heavy atom. The van der Waals surface area contributed by atoms with Crippen LogP contribution < -0.4 is 5.73 Å². The smallest absolute Gasteiger partial charge is 0.254 e. The maximum atomic E-state index is 12.1. The number of nitrogens with one attached hydrogen (secondary N) is 1. The number of halogens is 1. The topological polar surface area (TPSA) is 75.0 Å². The van der Waals surface area contributed by atoms with Gasteiger partial charge in [0.2, 0.25) is 0 Å². The summed E-state index contributed by atoms with van der Waals surface area (Å²) < 4.78 is 0.785. The monoisotopic (exact) mass is 308 g/mol. The summed E-state index contributed by atoms with van der Waals surface area (Å²) in [5.74, 6) is 0.654. The summed E-state index contributed by atoms with van der Waals surface area (Å²) in [4.78, 5) is 20.8. The van der Waals surface area contributed by atoms with Gasteiger partial charge in [-0.2, -0.15) is 0 Å². The lowest BCUT2D eigenvalue weighted by Crippen LogP contribution is -2.26. The van der Waals surface area contributed by atoms with E-state index >= 15 is 0 Å². The van der Waals surface area contributed by atoms with Crippen LogP contribution in [-0.4, -0.2) is 27.8 Å². The molecule has 18 heavy (non-hydrogen) atoms. The van der Waals surface area contributed by atoms with Crippen LogP contribution in [0.3, 0.4) is 0 Å². The molecule has 0 aliphatic heterocycles. The van der Waals surface area contributed by atoms with Gasteiger partial charge in [-0.15, -0.1) is 0 Å². The van der Waals surface area contributed by atoms with Crippen molar-refractivity contribution < 1.29 is 4.79 Å². The third kappa shape index (κ3) is 2.70. The molecule has 0 bridgehead atoms. The van der Waals surface area contributed by atoms with Gasteiger partial charge in [0.15, 0.2) is 0 Å². The van der Waals surface area contributed by atoms with Crippen LogP contribution in [0.25, 0.3) is 0 Å². The number of hydrogen-bond acceptors (Lipinski definition) is 3. The van der Waals surface area contributed by atoms with Crippen molar-refractivity contribution in [2.24, 2.45) is 0 Å². The highest BCUT2D eigenvalue weighted by Crippen LogP contribution is 2.21. The van der Waals surface area contributed by atoms with Gasteiger partial charge in [0, 0.05) is 35.2 Å². The molecule has 0 unspecified atom stereocenters. The molecule has 1 aromatic carbocycles. The minimum absolute atomic E-state index is 0.0920. The number of aromatic nitrogens is 2. The summed E-state index contributed by atoms with van der Waals surface area (Å²) in [6.07, 6.45) is 3.39. The van der Waals surface area contributed by atoms with Crippen LogP contribution in [0.5, 0.6) is 0 Å². The fourth-order valence-corrected chi connectivity index (χ4v) is 1.82. The molecule has 5 nitrogen and oxygen atoms in total. The second kappa shape index (κ2) is 5.22. The molecule has 1 amide bonds. The van der Waals surface area contributed by atoms with Crippen LogP contribution in [0, 0.1) is 0 Å². The Morgan fingerprint density at radius 2 is 2.33 bits per heavy atom. The van der Waals surface area contributed by atoms with Crippen molar-refractivity contribution in [3.8, 4) is 0 Å². The first-order chi connectivity index (χ1) is 8.58. The largest absolute Gasteiger partial charge is 0.398 e. The number of nitrogens with zero attached hydrogens (tertiary/aromatic N) is 2. The molecule has 2 rings (SSSR count). The highest BCUT2D eigenvalue weighted by atomic mass is 79.9. The number of nitrogen functional groups attached to an aromatic ring is 1. The van der Waals surface area contributed by atoms with Gasteiger partial charge in [-0.1, -0.05) is 0 Å². The van der Waals surface area contributed by atoms with Gasteiger partial charge in [0.25, 0.3) is 5.91 Å². The molecule has 0 aliphatic carbocycles. The van der Waals surface area contributed by atoms with Gasteiger partial charge in [-0.05, 0) is 34.1 Å². The number of hydrogen-bond donors (Lipinski definition) is 2. The number of benzene rings is 1. The van der Waals surface area contributed by atoms with Crippen LogP contribution in [0.4, 0.5) is 5.69 Å². The molecule has 6 heteroatoms. The first-order valence-corrected chi connectivity index (χ1v) is 6.16. The fraction of sp³-hybridized carbons (Fsp3) is 0.167. The number of nitrogens with two attached hydrogens (primary N) is 1. The van der Waals surface area contributed by atoms with Crippen molar-refractivity contribution in [2.45, 2.75) is 6.54 Å². The fourth-order valence-electron chi connectivity index (χ4n) is 1.58. The van der Waals surface area contributed by atoms with Crippen molar-refractivity contribution in [3.63, 3.8) is 0 Å². The van der Waals surface area contributed by atoms with Crippen molar-refractivity contribution in [3.05, 3.63) is 46.5 Å². The zero-order chi connectivity index (χ0) is 13.1. The zero-order valence-electron chi connectivity index (χ0n) is 9.85. The summed E-state index contributed by atoms with van der Waals surface area (Å²) in [6.45, 7) is 0.432. The van der Waals surface area contributed by atoms with E-state index < -0.39 is 0 Å². The lowest BCUT2D eigenvalue weighted by molar-refractivity contribution is 0.0782. The molecule has 0 spiro atoms. The molecule has 0 saturated heterocycles. The minimum Gasteiger partial charge on any atom is -0.398 e. The number of aromatic amines is 1. The Balaban J connectivity index is 2.12. The number of imidazole rings is 1. The molecule has 0 radical (unpaired) electrons. The van der Waals surface area contributed by atoms with Gasteiger partial charge in [0.1, 0.15) is 5.82 Å². The molecule has 94 valence electrons. The average Bonchev–Trinajstić information content (AvgIpc) is 2.84. The van der Waals surface area contributed by atoms with Gasteiger partial charge in [-0.25, -0.2) is 4.98 Å². The molecule has 0 fully saturated rings. The number of rotatable bonds is 3. The highest BCUT2D eigenvalue weighted by molar-refractivity contribution is 9.10. The maximum absolute atomic E-state index is 12.1. The van der Waals surface area contributed by atoms with Crippen LogP contribution in [0.15, 0.2) is 35.1 Å². The molecule has 1 heterocycles. The van der Waals surface area contributed by atoms with E-state index in [1.807, 2.05) is 0 Å². The number of carbonyl (C=O) groups excluding carboxylic acids is 1. The standard InChI is InChI=1S/C12H13BrN4O/c1-17(7-11-15-4-5-16-11)12(18)8-2-3-9(13)10(14)6-8/h2-6H,7,14H2,1H3,(H,15,16). The summed E-state index contributed by atoms with van der Waals surface area (Å²) >= 11 is 3.30. The van der Waals surface area contributed by atoms with E-state index in [1.54, 1.807) is 42.5 Å². The minimum atomic E-state index is -0.0920. The maximum Gasteiger partial charge on any atom is 0.254 e.